The molecule has 3 rings (SSSR count). The van der Waals surface area contributed by atoms with E-state index >= 15 is 0 Å². The minimum Gasteiger partial charge on any atom is -0.491 e. The fraction of sp³-hybridized carbons (Fsp3) is 0.292. The molecule has 0 aliphatic rings. The van der Waals surface area contributed by atoms with Crippen molar-refractivity contribution in [3.05, 3.63) is 77.9 Å². The quantitative estimate of drug-likeness (QED) is 0.616. The molecule has 0 spiro atoms. The van der Waals surface area contributed by atoms with Gasteiger partial charge in [0, 0.05) is 20.0 Å². The molecule has 146 valence electrons. The van der Waals surface area contributed by atoms with Crippen LogP contribution in [0.5, 0.6) is 5.75 Å². The monoisotopic (exact) mass is 377 g/mol. The average molecular weight is 377 g/mol. The Kier molecular flexibility index (Phi) is 7.04. The Morgan fingerprint density at radius 3 is 2.54 bits per heavy atom. The molecule has 0 aliphatic carbocycles. The second kappa shape index (κ2) is 9.90. The van der Waals surface area contributed by atoms with Gasteiger partial charge in [0.1, 0.15) is 12.4 Å². The van der Waals surface area contributed by atoms with E-state index in [1.165, 1.54) is 16.3 Å². The van der Waals surface area contributed by atoms with Crippen molar-refractivity contribution in [1.29, 1.82) is 0 Å². The Bertz CT molecular complexity index is 922. The molecule has 3 aromatic carbocycles. The number of hydrogen-bond donors (Lipinski definition) is 1. The van der Waals surface area contributed by atoms with Crippen molar-refractivity contribution >= 4 is 16.7 Å². The van der Waals surface area contributed by atoms with Gasteiger partial charge >= 0.3 is 0 Å². The summed E-state index contributed by atoms with van der Waals surface area (Å²) in [6.45, 7) is 0.898. The van der Waals surface area contributed by atoms with Crippen LogP contribution in [0.1, 0.15) is 17.5 Å². The first-order valence-electron chi connectivity index (χ1n) is 9.70. The van der Waals surface area contributed by atoms with Gasteiger partial charge < -0.3 is 14.7 Å². The Hall–Kier alpha value is -2.85. The van der Waals surface area contributed by atoms with Gasteiger partial charge in [-0.2, -0.15) is 0 Å². The summed E-state index contributed by atoms with van der Waals surface area (Å²) in [5, 5.41) is 11.4. The maximum atomic E-state index is 12.5. The van der Waals surface area contributed by atoms with Crippen LogP contribution in [-0.4, -0.2) is 42.7 Å². The second-order valence-electron chi connectivity index (χ2n) is 6.93. The van der Waals surface area contributed by atoms with Gasteiger partial charge in [-0.3, -0.25) is 4.79 Å². The van der Waals surface area contributed by atoms with Crippen LogP contribution in [0.4, 0.5) is 0 Å². The summed E-state index contributed by atoms with van der Waals surface area (Å²) in [7, 11) is 1.85. The number of likely N-dealkylation sites (N-methyl/N-ethyl adjacent to an activating group) is 1. The highest BCUT2D eigenvalue weighted by atomic mass is 16.5. The highest BCUT2D eigenvalue weighted by molar-refractivity contribution is 5.83. The van der Waals surface area contributed by atoms with Crippen molar-refractivity contribution in [2.24, 2.45) is 0 Å². The van der Waals surface area contributed by atoms with Crippen LogP contribution in [0.2, 0.25) is 0 Å². The van der Waals surface area contributed by atoms with E-state index in [0.717, 1.165) is 24.2 Å². The van der Waals surface area contributed by atoms with Crippen LogP contribution in [0.25, 0.3) is 10.8 Å². The fourth-order valence-electron chi connectivity index (χ4n) is 3.26. The van der Waals surface area contributed by atoms with Crippen molar-refractivity contribution in [3.63, 3.8) is 0 Å². The number of hydrogen-bond acceptors (Lipinski definition) is 3. The molecule has 3 aromatic rings. The van der Waals surface area contributed by atoms with Crippen molar-refractivity contribution in [3.8, 4) is 5.75 Å². The highest BCUT2D eigenvalue weighted by Crippen LogP contribution is 2.19. The molecule has 1 N–H and O–H groups in total. The summed E-state index contributed by atoms with van der Waals surface area (Å²) in [6, 6.07) is 22.4. The first kappa shape index (κ1) is 19.9. The van der Waals surface area contributed by atoms with Crippen LogP contribution >= 0.6 is 0 Å². The number of nitrogens with zero attached hydrogens (tertiary/aromatic N) is 1. The van der Waals surface area contributed by atoms with Crippen molar-refractivity contribution in [1.82, 2.24) is 4.90 Å². The molecule has 0 heterocycles. The Morgan fingerprint density at radius 2 is 1.71 bits per heavy atom. The smallest absolute Gasteiger partial charge is 0.222 e. The fourth-order valence-corrected chi connectivity index (χ4v) is 3.26. The molecular formula is C24H27NO3. The van der Waals surface area contributed by atoms with E-state index in [2.05, 4.69) is 30.3 Å². The summed E-state index contributed by atoms with van der Waals surface area (Å²) < 4.78 is 5.57. The van der Waals surface area contributed by atoms with E-state index < -0.39 is 0 Å². The summed E-state index contributed by atoms with van der Waals surface area (Å²) in [5.41, 5.74) is 2.23. The van der Waals surface area contributed by atoms with E-state index in [-0.39, 0.29) is 19.1 Å². The average Bonchev–Trinajstić information content (AvgIpc) is 2.74. The number of aryl methyl sites for hydroxylation is 1. The number of ether oxygens (including phenoxy) is 1. The molecule has 0 saturated carbocycles. The SMILES string of the molecule is CN(CCc1ccccc1OCCO)C(=O)CCc1ccc2ccccc2c1. The number of carbonyl (C=O) groups is 1. The number of rotatable bonds is 9. The van der Waals surface area contributed by atoms with Crippen LogP contribution in [-0.2, 0) is 17.6 Å². The molecule has 4 nitrogen and oxygen atoms in total. The number of carbonyl (C=O) groups excluding carboxylic acids is 1. The van der Waals surface area contributed by atoms with Crippen molar-refractivity contribution in [2.45, 2.75) is 19.3 Å². The standard InChI is InChI=1S/C24H27NO3/c1-25(15-14-21-7-4-5-9-23(21)28-17-16-26)24(27)13-11-19-10-12-20-6-2-3-8-22(20)18-19/h2-10,12,18,26H,11,13-17H2,1H3. The second-order valence-corrected chi connectivity index (χ2v) is 6.93. The third-order valence-corrected chi connectivity index (χ3v) is 4.91. The molecule has 0 bridgehead atoms. The molecule has 0 fully saturated rings. The van der Waals surface area contributed by atoms with Gasteiger partial charge in [0.15, 0.2) is 0 Å². The zero-order valence-electron chi connectivity index (χ0n) is 16.3. The maximum absolute atomic E-state index is 12.5. The van der Waals surface area contributed by atoms with Crippen LogP contribution in [0.15, 0.2) is 66.7 Å². The van der Waals surface area contributed by atoms with Crippen LogP contribution < -0.4 is 4.74 Å². The van der Waals surface area contributed by atoms with Gasteiger partial charge in [-0.25, -0.2) is 0 Å². The van der Waals surface area contributed by atoms with Gasteiger partial charge in [-0.1, -0.05) is 60.7 Å². The molecule has 0 atom stereocenters. The largest absolute Gasteiger partial charge is 0.491 e. The molecule has 4 heteroatoms. The molecule has 0 radical (unpaired) electrons. The lowest BCUT2D eigenvalue weighted by molar-refractivity contribution is -0.129. The zero-order valence-corrected chi connectivity index (χ0v) is 16.3. The number of para-hydroxylation sites is 1. The third-order valence-electron chi connectivity index (χ3n) is 4.91. The number of fused-ring (bicyclic) bond motifs is 1. The predicted molar refractivity (Wildman–Crippen MR) is 113 cm³/mol. The van der Waals surface area contributed by atoms with E-state index in [0.29, 0.717) is 13.0 Å². The summed E-state index contributed by atoms with van der Waals surface area (Å²) in [5.74, 6) is 0.912. The van der Waals surface area contributed by atoms with Gasteiger partial charge in [-0.05, 0) is 40.8 Å². The number of amides is 1. The Morgan fingerprint density at radius 1 is 0.964 bits per heavy atom. The Balaban J connectivity index is 1.52. The summed E-state index contributed by atoms with van der Waals surface area (Å²) >= 11 is 0. The molecule has 1 amide bonds. The predicted octanol–water partition coefficient (Wildman–Crippen LogP) is 3.84. The number of aliphatic hydroxyl groups excluding tert-OH is 1. The molecular weight excluding hydrogens is 350 g/mol. The minimum atomic E-state index is -0.0124. The highest BCUT2D eigenvalue weighted by Gasteiger charge is 2.11. The summed E-state index contributed by atoms with van der Waals surface area (Å²) in [4.78, 5) is 14.3. The zero-order chi connectivity index (χ0) is 19.8. The first-order chi connectivity index (χ1) is 13.7. The first-order valence-corrected chi connectivity index (χ1v) is 9.70. The van der Waals surface area contributed by atoms with Crippen LogP contribution in [0.3, 0.4) is 0 Å². The number of benzene rings is 3. The third kappa shape index (κ3) is 5.33. The van der Waals surface area contributed by atoms with Crippen molar-refractivity contribution < 1.29 is 14.6 Å². The topological polar surface area (TPSA) is 49.8 Å². The van der Waals surface area contributed by atoms with Gasteiger partial charge in [0.05, 0.1) is 6.61 Å². The van der Waals surface area contributed by atoms with Gasteiger partial charge in [-0.15, -0.1) is 0 Å². The summed E-state index contributed by atoms with van der Waals surface area (Å²) in [6.07, 6.45) is 1.96. The van der Waals surface area contributed by atoms with Gasteiger partial charge in [0.25, 0.3) is 0 Å². The lowest BCUT2D eigenvalue weighted by atomic mass is 10.0. The lowest BCUT2D eigenvalue weighted by Gasteiger charge is -2.18. The maximum Gasteiger partial charge on any atom is 0.222 e. The lowest BCUT2D eigenvalue weighted by Crippen LogP contribution is -2.29. The molecule has 0 aliphatic heterocycles. The molecule has 0 aromatic heterocycles. The van der Waals surface area contributed by atoms with E-state index in [4.69, 9.17) is 9.84 Å². The molecule has 0 unspecified atom stereocenters. The van der Waals surface area contributed by atoms with Crippen molar-refractivity contribution in [2.75, 3.05) is 26.8 Å². The molecule has 28 heavy (non-hydrogen) atoms. The van der Waals surface area contributed by atoms with Crippen LogP contribution in [0, 0.1) is 0 Å². The number of aliphatic hydroxyl groups is 1. The minimum absolute atomic E-state index is 0.0124. The Labute approximate surface area is 166 Å². The van der Waals surface area contributed by atoms with Gasteiger partial charge in [0.2, 0.25) is 5.91 Å². The van der Waals surface area contributed by atoms with E-state index in [1.54, 1.807) is 4.90 Å². The molecule has 0 saturated heterocycles. The van der Waals surface area contributed by atoms with E-state index in [9.17, 15) is 4.79 Å². The van der Waals surface area contributed by atoms with E-state index in [1.807, 2.05) is 43.4 Å². The normalized spacial score (nSPS) is 10.8.